The van der Waals surface area contributed by atoms with Crippen molar-refractivity contribution in [3.8, 4) is 5.75 Å². The van der Waals surface area contributed by atoms with Gasteiger partial charge in [-0.3, -0.25) is 0 Å². The molecule has 1 unspecified atom stereocenters. The lowest BCUT2D eigenvalue weighted by Crippen LogP contribution is -2.30. The zero-order valence-corrected chi connectivity index (χ0v) is 22.3. The van der Waals surface area contributed by atoms with E-state index >= 15 is 0 Å². The lowest BCUT2D eigenvalue weighted by Gasteiger charge is -2.28. The van der Waals surface area contributed by atoms with Gasteiger partial charge in [0.05, 0.1) is 23.3 Å². The number of halogens is 2. The van der Waals surface area contributed by atoms with Gasteiger partial charge in [-0.2, -0.15) is 4.98 Å². The Bertz CT molecular complexity index is 1260. The summed E-state index contributed by atoms with van der Waals surface area (Å²) in [6.07, 6.45) is -0.255. The van der Waals surface area contributed by atoms with Crippen molar-refractivity contribution < 1.29 is 14.3 Å². The van der Waals surface area contributed by atoms with Gasteiger partial charge in [0.25, 0.3) is 0 Å². The van der Waals surface area contributed by atoms with Crippen LogP contribution >= 0.6 is 39.3 Å². The van der Waals surface area contributed by atoms with E-state index in [-0.39, 0.29) is 6.10 Å². The van der Waals surface area contributed by atoms with E-state index in [2.05, 4.69) is 26.2 Å². The molecule has 10 heteroatoms. The molecule has 1 aromatic heterocycles. The molecule has 2 aromatic carbocycles. The van der Waals surface area contributed by atoms with E-state index in [1.807, 2.05) is 63.2 Å². The minimum absolute atomic E-state index is 0.255. The molecule has 0 aliphatic carbocycles. The Morgan fingerprint density at radius 1 is 1.29 bits per heavy atom. The summed E-state index contributed by atoms with van der Waals surface area (Å²) in [4.78, 5) is 17.8. The van der Waals surface area contributed by atoms with Crippen LogP contribution in [0.4, 0.5) is 5.95 Å². The maximum atomic E-state index is 13.1. The Morgan fingerprint density at radius 3 is 2.74 bits per heavy atom. The molecular formula is C24H24BrClN4O3S. The molecule has 1 atom stereocenters. The highest BCUT2D eigenvalue weighted by molar-refractivity contribution is 9.10. The molecule has 0 fully saturated rings. The lowest BCUT2D eigenvalue weighted by molar-refractivity contribution is -0.143. The molecule has 2 heterocycles. The molecule has 34 heavy (non-hydrogen) atoms. The minimum atomic E-state index is -0.521. The number of benzene rings is 2. The van der Waals surface area contributed by atoms with Crippen molar-refractivity contribution in [2.45, 2.75) is 43.8 Å². The molecule has 178 valence electrons. The number of fused-ring (bicyclic) bond motifs is 1. The Hall–Kier alpha value is -2.49. The van der Waals surface area contributed by atoms with Crippen molar-refractivity contribution in [2.24, 2.45) is 0 Å². The van der Waals surface area contributed by atoms with Gasteiger partial charge in [-0.25, -0.2) is 9.48 Å². The van der Waals surface area contributed by atoms with Gasteiger partial charge in [-0.05, 0) is 66.0 Å². The molecule has 7 nitrogen and oxygen atoms in total. The highest BCUT2D eigenvalue weighted by Gasteiger charge is 2.36. The van der Waals surface area contributed by atoms with Crippen molar-refractivity contribution in [1.29, 1.82) is 0 Å². The molecule has 0 saturated heterocycles. The highest BCUT2D eigenvalue weighted by atomic mass is 79.9. The number of hydrogen-bond donors (Lipinski definition) is 1. The van der Waals surface area contributed by atoms with Crippen molar-refractivity contribution in [2.75, 3.05) is 12.4 Å². The van der Waals surface area contributed by atoms with Crippen LogP contribution in [0.3, 0.4) is 0 Å². The zero-order chi connectivity index (χ0) is 24.4. The number of carbonyl (C=O) groups excluding carboxylic acids is 1. The van der Waals surface area contributed by atoms with Crippen LogP contribution in [-0.2, 0) is 15.3 Å². The average molecular weight is 564 g/mol. The molecular weight excluding hydrogens is 540 g/mol. The van der Waals surface area contributed by atoms with Gasteiger partial charge in [0.2, 0.25) is 11.1 Å². The van der Waals surface area contributed by atoms with Crippen LogP contribution in [0.5, 0.6) is 5.75 Å². The third kappa shape index (κ3) is 5.11. The van der Waals surface area contributed by atoms with Gasteiger partial charge in [0.15, 0.2) is 0 Å². The van der Waals surface area contributed by atoms with Crippen molar-refractivity contribution in [1.82, 2.24) is 14.8 Å². The molecule has 1 aliphatic rings. The minimum Gasteiger partial charge on any atom is -0.496 e. The Kier molecular flexibility index (Phi) is 7.54. The van der Waals surface area contributed by atoms with Crippen LogP contribution in [0.1, 0.15) is 37.9 Å². The molecule has 0 radical (unpaired) electrons. The second kappa shape index (κ2) is 10.4. The van der Waals surface area contributed by atoms with E-state index in [1.165, 1.54) is 11.8 Å². The molecule has 0 amide bonds. The van der Waals surface area contributed by atoms with E-state index in [1.54, 1.807) is 11.8 Å². The average Bonchev–Trinajstić information content (AvgIpc) is 3.19. The smallest absolute Gasteiger partial charge is 0.338 e. The number of carbonyl (C=O) groups is 1. The maximum absolute atomic E-state index is 13.1. The molecule has 0 bridgehead atoms. The van der Waals surface area contributed by atoms with Crippen molar-refractivity contribution in [3.63, 3.8) is 0 Å². The first-order chi connectivity index (χ1) is 16.3. The topological polar surface area (TPSA) is 78.3 Å². The second-order valence-corrected chi connectivity index (χ2v) is 10.2. The van der Waals surface area contributed by atoms with Crippen LogP contribution in [0.15, 0.2) is 63.4 Å². The van der Waals surface area contributed by atoms with Gasteiger partial charge in [-0.15, -0.1) is 5.10 Å². The summed E-state index contributed by atoms with van der Waals surface area (Å²) >= 11 is 11.3. The number of methoxy groups -OCH3 is 1. The molecule has 1 N–H and O–H groups in total. The molecule has 1 aliphatic heterocycles. The summed E-state index contributed by atoms with van der Waals surface area (Å²) in [6.45, 7) is 5.50. The number of allylic oxidation sites excluding steroid dienone is 1. The molecule has 3 aromatic rings. The first kappa shape index (κ1) is 24.6. The molecule has 0 spiro atoms. The van der Waals surface area contributed by atoms with Gasteiger partial charge in [0.1, 0.15) is 11.8 Å². The number of ether oxygens (including phenoxy) is 2. The van der Waals surface area contributed by atoms with E-state index < -0.39 is 12.0 Å². The summed E-state index contributed by atoms with van der Waals surface area (Å²) in [5.74, 6) is 1.47. The molecule has 4 rings (SSSR count). The number of esters is 1. The van der Waals surface area contributed by atoms with Gasteiger partial charge < -0.3 is 14.8 Å². The summed E-state index contributed by atoms with van der Waals surface area (Å²) in [5, 5.41) is 9.25. The highest BCUT2D eigenvalue weighted by Crippen LogP contribution is 2.39. The van der Waals surface area contributed by atoms with Crippen LogP contribution < -0.4 is 10.1 Å². The monoisotopic (exact) mass is 562 g/mol. The third-order valence-electron chi connectivity index (χ3n) is 5.20. The van der Waals surface area contributed by atoms with Crippen LogP contribution in [0.2, 0.25) is 5.02 Å². The number of aromatic nitrogens is 3. The summed E-state index contributed by atoms with van der Waals surface area (Å²) < 4.78 is 13.5. The number of thioether (sulfide) groups is 1. The third-order valence-corrected chi connectivity index (χ3v) is 7.08. The number of rotatable bonds is 7. The van der Waals surface area contributed by atoms with Crippen molar-refractivity contribution >= 4 is 51.2 Å². The maximum Gasteiger partial charge on any atom is 0.338 e. The fraction of sp³-hybridized carbons (Fsp3) is 0.292. The largest absolute Gasteiger partial charge is 0.496 e. The van der Waals surface area contributed by atoms with E-state index in [0.29, 0.717) is 38.9 Å². The first-order valence-electron chi connectivity index (χ1n) is 10.6. The quantitative estimate of drug-likeness (QED) is 0.269. The van der Waals surface area contributed by atoms with Crippen LogP contribution in [0.25, 0.3) is 0 Å². The number of anilines is 1. The van der Waals surface area contributed by atoms with E-state index in [4.69, 9.17) is 26.2 Å². The SMILES string of the molecule is COc1ccc(C2C(C(=O)OC(C)C)=C(C)Nc3nc(SCc4ccccc4Cl)nn32)cc1Br. The number of hydrogen-bond acceptors (Lipinski definition) is 7. The van der Waals surface area contributed by atoms with E-state index in [9.17, 15) is 4.79 Å². The molecule has 0 saturated carbocycles. The normalized spacial score (nSPS) is 15.2. The first-order valence-corrected chi connectivity index (χ1v) is 12.8. The fourth-order valence-electron chi connectivity index (χ4n) is 3.65. The van der Waals surface area contributed by atoms with E-state index in [0.717, 1.165) is 15.6 Å². The summed E-state index contributed by atoms with van der Waals surface area (Å²) in [7, 11) is 1.61. The van der Waals surface area contributed by atoms with Gasteiger partial charge in [0, 0.05) is 16.5 Å². The predicted molar refractivity (Wildman–Crippen MR) is 137 cm³/mol. The van der Waals surface area contributed by atoms with Crippen molar-refractivity contribution in [3.05, 3.63) is 74.4 Å². The Morgan fingerprint density at radius 2 is 2.06 bits per heavy atom. The van der Waals surface area contributed by atoms with Gasteiger partial charge in [-0.1, -0.05) is 47.6 Å². The zero-order valence-electron chi connectivity index (χ0n) is 19.1. The summed E-state index contributed by atoms with van der Waals surface area (Å²) in [6, 6.07) is 12.9. The Balaban J connectivity index is 1.73. The number of nitrogens with zero attached hydrogens (tertiary/aromatic N) is 3. The van der Waals surface area contributed by atoms with Crippen LogP contribution in [-0.4, -0.2) is 33.9 Å². The number of nitrogens with one attached hydrogen (secondary N) is 1. The van der Waals surface area contributed by atoms with Crippen LogP contribution in [0, 0.1) is 0 Å². The van der Waals surface area contributed by atoms with Gasteiger partial charge >= 0.3 is 5.97 Å². The fourth-order valence-corrected chi connectivity index (χ4v) is 5.33. The lowest BCUT2D eigenvalue weighted by atomic mass is 9.95. The Labute approximate surface area is 216 Å². The predicted octanol–water partition coefficient (Wildman–Crippen LogP) is 6.24. The standard InChI is InChI=1S/C24H24BrClN4O3S/c1-13(2)33-22(31)20-14(3)27-23-28-24(34-12-16-7-5-6-8-18(16)26)29-30(23)21(20)15-9-10-19(32-4)17(25)11-15/h5-11,13,21H,12H2,1-4H3,(H,27,28,29). The summed E-state index contributed by atoms with van der Waals surface area (Å²) in [5.41, 5.74) is 3.00. The second-order valence-electron chi connectivity index (χ2n) is 7.96.